The predicted octanol–water partition coefficient (Wildman–Crippen LogP) is 1.92. The van der Waals surface area contributed by atoms with Crippen molar-refractivity contribution in [1.29, 1.82) is 0 Å². The van der Waals surface area contributed by atoms with Crippen LogP contribution < -0.4 is 19.5 Å². The molecule has 4 heteroatoms. The smallest absolute Gasteiger partial charge is 0.231 e. The SMILES string of the molecule is COc1cc(CN[C@@H]2C[C@@H]2C)cc2c1OCO2. The molecule has 0 spiro atoms. The van der Waals surface area contributed by atoms with Crippen molar-refractivity contribution in [2.24, 2.45) is 5.92 Å². The molecule has 1 aromatic rings. The number of fused-ring (bicyclic) bond motifs is 1. The van der Waals surface area contributed by atoms with Crippen LogP contribution >= 0.6 is 0 Å². The van der Waals surface area contributed by atoms with E-state index in [2.05, 4.69) is 12.2 Å². The van der Waals surface area contributed by atoms with Gasteiger partial charge in [-0.25, -0.2) is 0 Å². The lowest BCUT2D eigenvalue weighted by atomic mass is 10.2. The van der Waals surface area contributed by atoms with E-state index >= 15 is 0 Å². The largest absolute Gasteiger partial charge is 0.493 e. The van der Waals surface area contributed by atoms with Gasteiger partial charge in [-0.2, -0.15) is 0 Å². The number of hydrogen-bond acceptors (Lipinski definition) is 4. The number of methoxy groups -OCH3 is 1. The van der Waals surface area contributed by atoms with Crippen molar-refractivity contribution in [2.45, 2.75) is 25.9 Å². The molecule has 0 bridgehead atoms. The molecular weight excluding hydrogens is 218 g/mol. The lowest BCUT2D eigenvalue weighted by molar-refractivity contribution is 0.171. The summed E-state index contributed by atoms with van der Waals surface area (Å²) in [4.78, 5) is 0. The van der Waals surface area contributed by atoms with Gasteiger partial charge in [0.05, 0.1) is 7.11 Å². The van der Waals surface area contributed by atoms with Crippen LogP contribution in [0.4, 0.5) is 0 Å². The van der Waals surface area contributed by atoms with Crippen molar-refractivity contribution in [1.82, 2.24) is 5.32 Å². The maximum absolute atomic E-state index is 5.40. The van der Waals surface area contributed by atoms with Crippen LogP contribution in [0.25, 0.3) is 0 Å². The average molecular weight is 235 g/mol. The van der Waals surface area contributed by atoms with E-state index in [1.807, 2.05) is 12.1 Å². The van der Waals surface area contributed by atoms with E-state index in [9.17, 15) is 0 Å². The highest BCUT2D eigenvalue weighted by atomic mass is 16.7. The molecule has 0 saturated heterocycles. The van der Waals surface area contributed by atoms with E-state index in [0.717, 1.165) is 29.7 Å². The minimum Gasteiger partial charge on any atom is -0.493 e. The first kappa shape index (κ1) is 10.7. The molecule has 2 aliphatic rings. The summed E-state index contributed by atoms with van der Waals surface area (Å²) in [5.74, 6) is 3.06. The van der Waals surface area contributed by atoms with E-state index in [-0.39, 0.29) is 6.79 Å². The fraction of sp³-hybridized carbons (Fsp3) is 0.538. The van der Waals surface area contributed by atoms with Crippen molar-refractivity contribution >= 4 is 0 Å². The van der Waals surface area contributed by atoms with Crippen LogP contribution in [0.2, 0.25) is 0 Å². The quantitative estimate of drug-likeness (QED) is 0.865. The van der Waals surface area contributed by atoms with Gasteiger partial charge < -0.3 is 19.5 Å². The van der Waals surface area contributed by atoms with Crippen molar-refractivity contribution in [3.63, 3.8) is 0 Å². The van der Waals surface area contributed by atoms with Gasteiger partial charge in [-0.1, -0.05) is 6.92 Å². The number of rotatable bonds is 4. The molecule has 92 valence electrons. The first-order chi connectivity index (χ1) is 8.28. The van der Waals surface area contributed by atoms with Crippen LogP contribution in [-0.4, -0.2) is 19.9 Å². The van der Waals surface area contributed by atoms with Crippen LogP contribution in [0.5, 0.6) is 17.2 Å². The summed E-state index contributed by atoms with van der Waals surface area (Å²) in [6, 6.07) is 4.70. The van der Waals surface area contributed by atoms with E-state index in [4.69, 9.17) is 14.2 Å². The second-order valence-electron chi connectivity index (χ2n) is 4.73. The lowest BCUT2D eigenvalue weighted by Crippen LogP contribution is -2.17. The monoisotopic (exact) mass is 235 g/mol. The summed E-state index contributed by atoms with van der Waals surface area (Å²) in [6.07, 6.45) is 1.28. The molecule has 1 aliphatic carbocycles. The van der Waals surface area contributed by atoms with Crippen molar-refractivity contribution in [3.05, 3.63) is 17.7 Å². The molecule has 0 unspecified atom stereocenters. The Bertz CT molecular complexity index is 433. The van der Waals surface area contributed by atoms with E-state index in [0.29, 0.717) is 6.04 Å². The van der Waals surface area contributed by atoms with Gasteiger partial charge in [-0.05, 0) is 30.0 Å². The highest BCUT2D eigenvalue weighted by molar-refractivity contribution is 5.55. The third kappa shape index (κ3) is 2.05. The van der Waals surface area contributed by atoms with Gasteiger partial charge in [0.15, 0.2) is 11.5 Å². The molecule has 0 amide bonds. The molecule has 0 aromatic heterocycles. The first-order valence-electron chi connectivity index (χ1n) is 5.98. The highest BCUT2D eigenvalue weighted by Crippen LogP contribution is 2.42. The van der Waals surface area contributed by atoms with Gasteiger partial charge in [0.1, 0.15) is 0 Å². The third-order valence-corrected chi connectivity index (χ3v) is 3.40. The standard InChI is InChI=1S/C13H17NO3/c1-8-3-10(8)14-6-9-4-11(15-2)13-12(5-9)16-7-17-13/h4-5,8,10,14H,3,6-7H2,1-2H3/t8-,10+/m0/s1. The highest BCUT2D eigenvalue weighted by Gasteiger charge is 2.31. The Kier molecular flexibility index (Phi) is 2.59. The molecule has 4 nitrogen and oxygen atoms in total. The van der Waals surface area contributed by atoms with Crippen molar-refractivity contribution in [2.75, 3.05) is 13.9 Å². The molecule has 3 rings (SSSR count). The zero-order chi connectivity index (χ0) is 11.8. The topological polar surface area (TPSA) is 39.7 Å². The Morgan fingerprint density at radius 3 is 2.94 bits per heavy atom. The lowest BCUT2D eigenvalue weighted by Gasteiger charge is -2.09. The number of ether oxygens (including phenoxy) is 3. The minimum absolute atomic E-state index is 0.280. The number of hydrogen-bond donors (Lipinski definition) is 1. The summed E-state index contributed by atoms with van der Waals surface area (Å²) in [6.45, 7) is 3.39. The Labute approximate surface area is 101 Å². The third-order valence-electron chi connectivity index (χ3n) is 3.40. The molecule has 1 aliphatic heterocycles. The fourth-order valence-corrected chi connectivity index (χ4v) is 2.14. The summed E-state index contributed by atoms with van der Waals surface area (Å²) in [7, 11) is 1.65. The van der Waals surface area contributed by atoms with Gasteiger partial charge in [0.25, 0.3) is 0 Å². The summed E-state index contributed by atoms with van der Waals surface area (Å²) < 4.78 is 16.1. The number of nitrogens with one attached hydrogen (secondary N) is 1. The van der Waals surface area contributed by atoms with Gasteiger partial charge in [-0.15, -0.1) is 0 Å². The Balaban J connectivity index is 1.75. The molecule has 1 heterocycles. The summed E-state index contributed by atoms with van der Waals surface area (Å²) in [5, 5.41) is 3.51. The minimum atomic E-state index is 0.280. The van der Waals surface area contributed by atoms with Crippen LogP contribution in [0, 0.1) is 5.92 Å². The van der Waals surface area contributed by atoms with Crippen LogP contribution in [0.3, 0.4) is 0 Å². The molecule has 1 saturated carbocycles. The predicted molar refractivity (Wildman–Crippen MR) is 63.5 cm³/mol. The molecule has 0 radical (unpaired) electrons. The van der Waals surface area contributed by atoms with Gasteiger partial charge in [0, 0.05) is 12.6 Å². The van der Waals surface area contributed by atoms with Gasteiger partial charge in [-0.3, -0.25) is 0 Å². The maximum Gasteiger partial charge on any atom is 0.231 e. The average Bonchev–Trinajstić information content (AvgIpc) is 2.85. The molecule has 1 N–H and O–H groups in total. The van der Waals surface area contributed by atoms with Crippen LogP contribution in [0.15, 0.2) is 12.1 Å². The second kappa shape index (κ2) is 4.11. The Morgan fingerprint density at radius 1 is 1.41 bits per heavy atom. The van der Waals surface area contributed by atoms with E-state index < -0.39 is 0 Å². The zero-order valence-corrected chi connectivity index (χ0v) is 10.2. The molecule has 17 heavy (non-hydrogen) atoms. The van der Waals surface area contributed by atoms with Gasteiger partial charge in [0.2, 0.25) is 12.5 Å². The molecule has 2 atom stereocenters. The molecular formula is C13H17NO3. The normalized spacial score (nSPS) is 24.8. The van der Waals surface area contributed by atoms with E-state index in [1.165, 1.54) is 12.0 Å². The van der Waals surface area contributed by atoms with E-state index in [1.54, 1.807) is 7.11 Å². The van der Waals surface area contributed by atoms with Gasteiger partial charge >= 0.3 is 0 Å². The van der Waals surface area contributed by atoms with Crippen LogP contribution in [0.1, 0.15) is 18.9 Å². The number of benzene rings is 1. The maximum atomic E-state index is 5.40. The second-order valence-corrected chi connectivity index (χ2v) is 4.73. The summed E-state index contributed by atoms with van der Waals surface area (Å²) >= 11 is 0. The Morgan fingerprint density at radius 2 is 2.24 bits per heavy atom. The molecule has 1 aromatic carbocycles. The van der Waals surface area contributed by atoms with Crippen molar-refractivity contribution in [3.8, 4) is 17.2 Å². The Hall–Kier alpha value is -1.42. The van der Waals surface area contributed by atoms with Crippen LogP contribution in [-0.2, 0) is 6.54 Å². The summed E-state index contributed by atoms with van der Waals surface area (Å²) in [5.41, 5.74) is 1.17. The first-order valence-corrected chi connectivity index (χ1v) is 5.98. The zero-order valence-electron chi connectivity index (χ0n) is 10.2. The fourth-order valence-electron chi connectivity index (χ4n) is 2.14. The molecule has 1 fully saturated rings. The van der Waals surface area contributed by atoms with Crippen molar-refractivity contribution < 1.29 is 14.2 Å².